The number of aromatic nitrogens is 1. The normalized spacial score (nSPS) is 24.0. The van der Waals surface area contributed by atoms with Crippen molar-refractivity contribution in [2.45, 2.75) is 49.8 Å². The van der Waals surface area contributed by atoms with Crippen LogP contribution in [0.5, 0.6) is 0 Å². The molecule has 1 aromatic heterocycles. The Morgan fingerprint density at radius 3 is 2.82 bits per heavy atom. The predicted molar refractivity (Wildman–Crippen MR) is 107 cm³/mol. The van der Waals surface area contributed by atoms with Crippen LogP contribution in [0.4, 0.5) is 8.78 Å². The molecule has 1 saturated heterocycles. The van der Waals surface area contributed by atoms with Gasteiger partial charge in [-0.1, -0.05) is 19.1 Å². The third-order valence-electron chi connectivity index (χ3n) is 5.34. The first-order valence-corrected chi connectivity index (χ1v) is 10.7. The zero-order chi connectivity index (χ0) is 20.1. The Morgan fingerprint density at radius 1 is 1.43 bits per heavy atom. The number of nitrogens with zero attached hydrogens (tertiary/aromatic N) is 2. The van der Waals surface area contributed by atoms with E-state index in [2.05, 4.69) is 11.9 Å². The van der Waals surface area contributed by atoms with E-state index < -0.39 is 17.6 Å². The molecule has 1 aliphatic heterocycles. The van der Waals surface area contributed by atoms with Gasteiger partial charge in [-0.05, 0) is 48.6 Å². The van der Waals surface area contributed by atoms with Crippen molar-refractivity contribution >= 4 is 23.3 Å². The molecule has 4 nitrogen and oxygen atoms in total. The molecular weight excluding hydrogens is 382 g/mol. The summed E-state index contributed by atoms with van der Waals surface area (Å²) >= 11 is 1.62. The Morgan fingerprint density at radius 2 is 2.18 bits per heavy atom. The minimum absolute atomic E-state index is 0.0348. The number of allylic oxidation sites excluding steroid dienone is 2. The van der Waals surface area contributed by atoms with Crippen LogP contribution in [0.3, 0.4) is 0 Å². The fourth-order valence-electron chi connectivity index (χ4n) is 3.78. The monoisotopic (exact) mass is 408 g/mol. The molecule has 0 saturated carbocycles. The number of carboxylic acid groups (broad SMARTS) is 1. The standard InChI is InChI=1S/C21H26F2N2O2S/c1-2-12-28-20-17(4-3-9-24-20)16-5-8-21(23,18(22)14-16)25-10-6-15(7-11-25)13-19(26)27/h3-5,9,14-15H,2,6-8,10-13H2,1H3,(H,26,27). The van der Waals surface area contributed by atoms with Gasteiger partial charge in [-0.15, -0.1) is 11.8 Å². The minimum Gasteiger partial charge on any atom is -0.481 e. The van der Waals surface area contributed by atoms with Crippen LogP contribution in [-0.4, -0.2) is 45.6 Å². The zero-order valence-electron chi connectivity index (χ0n) is 16.0. The summed E-state index contributed by atoms with van der Waals surface area (Å²) in [7, 11) is 0. The van der Waals surface area contributed by atoms with Gasteiger partial charge in [0.1, 0.15) is 5.03 Å². The quantitative estimate of drug-likeness (QED) is 0.504. The second-order valence-electron chi connectivity index (χ2n) is 7.35. The lowest BCUT2D eigenvalue weighted by molar-refractivity contribution is -0.138. The van der Waals surface area contributed by atoms with Crippen LogP contribution in [0, 0.1) is 5.92 Å². The van der Waals surface area contributed by atoms with Crippen LogP contribution in [-0.2, 0) is 4.79 Å². The molecule has 0 aromatic carbocycles. The fraction of sp³-hybridized carbons (Fsp3) is 0.524. The Kier molecular flexibility index (Phi) is 6.88. The van der Waals surface area contributed by atoms with Crippen molar-refractivity contribution in [2.24, 2.45) is 5.92 Å². The van der Waals surface area contributed by atoms with Crippen LogP contribution < -0.4 is 0 Å². The van der Waals surface area contributed by atoms with Crippen LogP contribution in [0.25, 0.3) is 5.57 Å². The molecule has 7 heteroatoms. The highest BCUT2D eigenvalue weighted by Crippen LogP contribution is 2.42. The summed E-state index contributed by atoms with van der Waals surface area (Å²) in [5.41, 5.74) is 1.50. The highest BCUT2D eigenvalue weighted by molar-refractivity contribution is 7.99. The minimum atomic E-state index is -2.14. The molecule has 0 amide bonds. The van der Waals surface area contributed by atoms with Gasteiger partial charge in [0.15, 0.2) is 5.83 Å². The number of piperidine rings is 1. The summed E-state index contributed by atoms with van der Waals surface area (Å²) in [4.78, 5) is 16.8. The molecule has 1 aliphatic carbocycles. The number of likely N-dealkylation sites (tertiary alicyclic amines) is 1. The Bertz CT molecular complexity index is 775. The first kappa shape index (κ1) is 21.0. The highest BCUT2D eigenvalue weighted by atomic mass is 32.2. The molecule has 1 atom stereocenters. The summed E-state index contributed by atoms with van der Waals surface area (Å²) in [6.07, 6.45) is 6.94. The average Bonchev–Trinajstić information content (AvgIpc) is 2.69. The predicted octanol–water partition coefficient (Wildman–Crippen LogP) is 5.08. The maximum atomic E-state index is 15.5. The lowest BCUT2D eigenvalue weighted by atomic mass is 9.89. The topological polar surface area (TPSA) is 53.4 Å². The molecule has 0 radical (unpaired) electrons. The first-order valence-electron chi connectivity index (χ1n) is 9.75. The van der Waals surface area contributed by atoms with Crippen molar-refractivity contribution < 1.29 is 18.7 Å². The number of hydrogen-bond donors (Lipinski definition) is 1. The van der Waals surface area contributed by atoms with E-state index in [1.807, 2.05) is 12.1 Å². The van der Waals surface area contributed by atoms with Crippen LogP contribution in [0.2, 0.25) is 0 Å². The second-order valence-corrected chi connectivity index (χ2v) is 8.43. The summed E-state index contributed by atoms with van der Waals surface area (Å²) in [5.74, 6) is -2.80. The highest BCUT2D eigenvalue weighted by Gasteiger charge is 2.44. The third kappa shape index (κ3) is 4.63. The number of rotatable bonds is 7. The Labute approximate surface area is 168 Å². The van der Waals surface area contributed by atoms with Gasteiger partial charge in [-0.3, -0.25) is 9.69 Å². The van der Waals surface area contributed by atoms with Gasteiger partial charge < -0.3 is 5.11 Å². The number of carbonyl (C=O) groups is 1. The van der Waals surface area contributed by atoms with Gasteiger partial charge in [-0.25, -0.2) is 13.8 Å². The van der Waals surface area contributed by atoms with E-state index >= 15 is 4.39 Å². The summed E-state index contributed by atoms with van der Waals surface area (Å²) in [5, 5.41) is 9.75. The van der Waals surface area contributed by atoms with Crippen LogP contribution in [0.1, 0.15) is 44.6 Å². The van der Waals surface area contributed by atoms with Crippen molar-refractivity contribution in [2.75, 3.05) is 18.8 Å². The van der Waals surface area contributed by atoms with Crippen molar-refractivity contribution in [3.63, 3.8) is 0 Å². The number of hydrogen-bond acceptors (Lipinski definition) is 4. The van der Waals surface area contributed by atoms with E-state index in [1.165, 1.54) is 11.0 Å². The molecule has 152 valence electrons. The molecule has 1 unspecified atom stereocenters. The fourth-order valence-corrected chi connectivity index (χ4v) is 4.65. The van der Waals surface area contributed by atoms with Crippen molar-refractivity contribution in [3.05, 3.63) is 41.9 Å². The van der Waals surface area contributed by atoms with Gasteiger partial charge in [0.25, 0.3) is 0 Å². The molecule has 0 spiro atoms. The smallest absolute Gasteiger partial charge is 0.303 e. The van der Waals surface area contributed by atoms with Gasteiger partial charge in [0.2, 0.25) is 5.79 Å². The molecule has 0 bridgehead atoms. The van der Waals surface area contributed by atoms with E-state index in [9.17, 15) is 9.18 Å². The second kappa shape index (κ2) is 9.18. The number of alkyl halides is 1. The number of pyridine rings is 1. The van der Waals surface area contributed by atoms with E-state index in [0.29, 0.717) is 31.5 Å². The summed E-state index contributed by atoms with van der Waals surface area (Å²) in [6, 6.07) is 3.70. The molecule has 1 fully saturated rings. The first-order chi connectivity index (χ1) is 13.4. The van der Waals surface area contributed by atoms with E-state index in [0.717, 1.165) is 22.8 Å². The molecule has 1 N–H and O–H groups in total. The molecule has 1 aromatic rings. The van der Waals surface area contributed by atoms with E-state index in [-0.39, 0.29) is 18.8 Å². The summed E-state index contributed by atoms with van der Waals surface area (Å²) < 4.78 is 30.5. The lowest BCUT2D eigenvalue weighted by Crippen LogP contribution is -2.50. The van der Waals surface area contributed by atoms with Crippen LogP contribution in [0.15, 0.2) is 41.3 Å². The number of thioether (sulfide) groups is 1. The number of aliphatic carboxylic acids is 1. The van der Waals surface area contributed by atoms with E-state index in [4.69, 9.17) is 5.11 Å². The van der Waals surface area contributed by atoms with Gasteiger partial charge in [0.05, 0.1) is 0 Å². The van der Waals surface area contributed by atoms with Crippen LogP contribution >= 0.6 is 11.8 Å². The van der Waals surface area contributed by atoms with Gasteiger partial charge in [0, 0.05) is 37.7 Å². The van der Waals surface area contributed by atoms with E-state index in [1.54, 1.807) is 24.0 Å². The molecular formula is C21H26F2N2O2S. The van der Waals surface area contributed by atoms with Gasteiger partial charge >= 0.3 is 5.97 Å². The third-order valence-corrected chi connectivity index (χ3v) is 6.56. The molecule has 3 rings (SSSR count). The SMILES string of the molecule is CCCSc1ncccc1C1=CCC(F)(N2CCC(CC(=O)O)CC2)C(F)=C1. The molecule has 28 heavy (non-hydrogen) atoms. The number of halogens is 2. The maximum Gasteiger partial charge on any atom is 0.303 e. The summed E-state index contributed by atoms with van der Waals surface area (Å²) in [6.45, 7) is 2.82. The Hall–Kier alpha value is -1.73. The molecule has 2 heterocycles. The van der Waals surface area contributed by atoms with Crippen molar-refractivity contribution in [3.8, 4) is 0 Å². The number of carboxylic acids is 1. The van der Waals surface area contributed by atoms with Crippen molar-refractivity contribution in [1.82, 2.24) is 9.88 Å². The molecule has 2 aliphatic rings. The maximum absolute atomic E-state index is 15.5. The lowest BCUT2D eigenvalue weighted by Gasteiger charge is -2.41. The van der Waals surface area contributed by atoms with Crippen molar-refractivity contribution in [1.29, 1.82) is 0 Å². The zero-order valence-corrected chi connectivity index (χ0v) is 16.9. The largest absolute Gasteiger partial charge is 0.481 e. The van der Waals surface area contributed by atoms with Gasteiger partial charge in [-0.2, -0.15) is 0 Å². The average molecular weight is 409 g/mol. The Balaban J connectivity index is 1.72.